The van der Waals surface area contributed by atoms with E-state index in [9.17, 15) is 26.3 Å². The van der Waals surface area contributed by atoms with E-state index < -0.39 is 23.5 Å². The molecule has 0 radical (unpaired) electrons. The molecule has 0 heterocycles. The fourth-order valence-electron chi connectivity index (χ4n) is 7.42. The van der Waals surface area contributed by atoms with E-state index in [0.29, 0.717) is 11.1 Å². The van der Waals surface area contributed by atoms with Gasteiger partial charge in [-0.15, -0.1) is 0 Å². The Morgan fingerprint density at radius 1 is 0.281 bits per heavy atom. The van der Waals surface area contributed by atoms with E-state index in [1.54, 1.807) is 0 Å². The molecule has 0 fully saturated rings. The minimum absolute atomic E-state index is 0.686. The Hall–Kier alpha value is -7.70. The van der Waals surface area contributed by atoms with Gasteiger partial charge in [0.1, 0.15) is 0 Å². The molecule has 0 aliphatic rings. The molecule has 0 saturated carbocycles. The van der Waals surface area contributed by atoms with Crippen LogP contribution in [0.3, 0.4) is 0 Å². The number of hydrogen-bond donors (Lipinski definition) is 0. The summed E-state index contributed by atoms with van der Waals surface area (Å²) in [6, 6.07) is 62.3. The molecule has 0 unspecified atom stereocenters. The molecule has 0 aliphatic carbocycles. The van der Waals surface area contributed by atoms with Crippen LogP contribution in [-0.4, -0.2) is 0 Å². The summed E-state index contributed by atoms with van der Waals surface area (Å²) in [6.45, 7) is 0. The highest BCUT2D eigenvalue weighted by Gasteiger charge is 2.31. The fraction of sp³-hybridized carbons (Fsp3) is 0.0345. The molecule has 0 saturated heterocycles. The SMILES string of the molecule is FC(F)(F)c1ccc(C(=Cc2ccccc2C=Cc2ccc(-c3ccc(C=Cc4ccccc4C=C(c4ccccc4)c4ccc(C(F)(F)F)cc4)cc3)cc2)c2ccccc2)cc1. The van der Waals surface area contributed by atoms with E-state index in [-0.39, 0.29) is 0 Å². The molecular formula is C58H40F6. The lowest BCUT2D eigenvalue weighted by Crippen LogP contribution is -2.04. The Labute approximate surface area is 369 Å². The van der Waals surface area contributed by atoms with E-state index >= 15 is 0 Å². The predicted octanol–water partition coefficient (Wildman–Crippen LogP) is 16.9. The summed E-state index contributed by atoms with van der Waals surface area (Å²) in [6.07, 6.45) is 3.39. The third kappa shape index (κ3) is 10.7. The van der Waals surface area contributed by atoms with Crippen molar-refractivity contribution < 1.29 is 26.3 Å². The van der Waals surface area contributed by atoms with Gasteiger partial charge in [0.2, 0.25) is 0 Å². The van der Waals surface area contributed by atoms with Crippen molar-refractivity contribution in [2.75, 3.05) is 0 Å². The van der Waals surface area contributed by atoms with Crippen LogP contribution in [0.15, 0.2) is 206 Å². The van der Waals surface area contributed by atoms with Crippen molar-refractivity contribution in [2.45, 2.75) is 12.4 Å². The second-order valence-electron chi connectivity index (χ2n) is 15.2. The van der Waals surface area contributed by atoms with Gasteiger partial charge in [-0.05, 0) is 114 Å². The Kier molecular flexibility index (Phi) is 12.8. The van der Waals surface area contributed by atoms with E-state index in [2.05, 4.69) is 48.5 Å². The normalized spacial score (nSPS) is 12.6. The van der Waals surface area contributed by atoms with Crippen molar-refractivity contribution in [1.29, 1.82) is 0 Å². The standard InChI is InChI=1S/C58H40F6/c59-57(60,61)53-35-31-49(32-36-53)55(47-13-3-1-4-14-47)39-51-17-9-7-11-43(51)25-19-41-21-27-45(28-22-41)46-29-23-42(24-30-46)20-26-44-12-8-10-18-52(44)40-56(48-15-5-2-6-16-48)50-33-37-54(38-34-50)58(62,63)64/h1-40H. The second-order valence-corrected chi connectivity index (χ2v) is 15.2. The summed E-state index contributed by atoms with van der Waals surface area (Å²) >= 11 is 0. The van der Waals surface area contributed by atoms with E-state index in [1.165, 1.54) is 24.3 Å². The van der Waals surface area contributed by atoms with Crippen LogP contribution in [0.1, 0.15) is 66.8 Å². The number of alkyl halides is 6. The summed E-state index contributed by atoms with van der Waals surface area (Å²) in [5.41, 5.74) is 11.3. The first-order valence-electron chi connectivity index (χ1n) is 20.6. The van der Waals surface area contributed by atoms with Gasteiger partial charge in [-0.25, -0.2) is 0 Å². The zero-order valence-corrected chi connectivity index (χ0v) is 34.4. The largest absolute Gasteiger partial charge is 0.416 e. The topological polar surface area (TPSA) is 0 Å². The molecule has 0 spiro atoms. The Bertz CT molecular complexity index is 2730. The third-order valence-corrected chi connectivity index (χ3v) is 10.9. The molecule has 0 nitrogen and oxygen atoms in total. The van der Waals surface area contributed by atoms with Crippen molar-refractivity contribution in [1.82, 2.24) is 0 Å². The van der Waals surface area contributed by atoms with Crippen LogP contribution >= 0.6 is 0 Å². The van der Waals surface area contributed by atoms with Gasteiger partial charge >= 0.3 is 12.4 Å². The zero-order valence-electron chi connectivity index (χ0n) is 34.4. The number of benzene rings is 8. The molecule has 8 aromatic rings. The van der Waals surface area contributed by atoms with Crippen LogP contribution in [0.4, 0.5) is 26.3 Å². The van der Waals surface area contributed by atoms with Gasteiger partial charge in [-0.3, -0.25) is 0 Å². The third-order valence-electron chi connectivity index (χ3n) is 10.9. The molecule has 0 bridgehead atoms. The van der Waals surface area contributed by atoms with Crippen LogP contribution < -0.4 is 0 Å². The van der Waals surface area contributed by atoms with Gasteiger partial charge in [0.25, 0.3) is 0 Å². The second kappa shape index (κ2) is 19.1. The first kappa shape index (κ1) is 43.0. The molecule has 6 heteroatoms. The zero-order chi connectivity index (χ0) is 44.5. The summed E-state index contributed by atoms with van der Waals surface area (Å²) in [5.74, 6) is 0. The molecule has 314 valence electrons. The summed E-state index contributed by atoms with van der Waals surface area (Å²) in [7, 11) is 0. The average molecular weight is 851 g/mol. The van der Waals surface area contributed by atoms with Crippen molar-refractivity contribution in [2.24, 2.45) is 0 Å². The lowest BCUT2D eigenvalue weighted by Gasteiger charge is -2.12. The Morgan fingerprint density at radius 3 is 0.906 bits per heavy atom. The van der Waals surface area contributed by atoms with Crippen LogP contribution in [0.2, 0.25) is 0 Å². The summed E-state index contributed by atoms with van der Waals surface area (Å²) in [5, 5.41) is 0. The molecule has 64 heavy (non-hydrogen) atoms. The van der Waals surface area contributed by atoms with E-state index in [0.717, 1.165) is 91.0 Å². The first-order valence-corrected chi connectivity index (χ1v) is 20.6. The van der Waals surface area contributed by atoms with E-state index in [4.69, 9.17) is 0 Å². The van der Waals surface area contributed by atoms with Crippen LogP contribution in [0.25, 0.3) is 58.7 Å². The highest BCUT2D eigenvalue weighted by molar-refractivity contribution is 5.94. The average Bonchev–Trinajstić information content (AvgIpc) is 3.32. The van der Waals surface area contributed by atoms with Crippen molar-refractivity contribution in [3.63, 3.8) is 0 Å². The molecule has 8 rings (SSSR count). The van der Waals surface area contributed by atoms with Crippen LogP contribution in [-0.2, 0) is 12.4 Å². The van der Waals surface area contributed by atoms with Gasteiger partial charge in [0, 0.05) is 0 Å². The van der Waals surface area contributed by atoms with Gasteiger partial charge in [0.05, 0.1) is 11.1 Å². The van der Waals surface area contributed by atoms with Gasteiger partial charge in [-0.1, -0.05) is 206 Å². The minimum atomic E-state index is -4.41. The number of hydrogen-bond acceptors (Lipinski definition) is 0. The molecule has 0 aromatic heterocycles. The maximum Gasteiger partial charge on any atom is 0.416 e. The highest BCUT2D eigenvalue weighted by atomic mass is 19.4. The quantitative estimate of drug-likeness (QED) is 0.0898. The van der Waals surface area contributed by atoms with Crippen molar-refractivity contribution >= 4 is 47.6 Å². The first-order chi connectivity index (χ1) is 31.0. The van der Waals surface area contributed by atoms with Crippen molar-refractivity contribution in [3.05, 3.63) is 273 Å². The smallest absolute Gasteiger partial charge is 0.166 e. The van der Waals surface area contributed by atoms with Crippen LogP contribution in [0, 0.1) is 0 Å². The van der Waals surface area contributed by atoms with E-state index in [1.807, 2.05) is 146 Å². The predicted molar refractivity (Wildman–Crippen MR) is 252 cm³/mol. The molecule has 0 atom stereocenters. The Balaban J connectivity index is 0.987. The lowest BCUT2D eigenvalue weighted by molar-refractivity contribution is -0.138. The van der Waals surface area contributed by atoms with Crippen LogP contribution in [0.5, 0.6) is 0 Å². The Morgan fingerprint density at radius 2 is 0.578 bits per heavy atom. The van der Waals surface area contributed by atoms with Crippen molar-refractivity contribution in [3.8, 4) is 11.1 Å². The van der Waals surface area contributed by atoms with Gasteiger partial charge in [0.15, 0.2) is 0 Å². The van der Waals surface area contributed by atoms with Gasteiger partial charge in [-0.2, -0.15) is 26.3 Å². The molecule has 0 aliphatic heterocycles. The lowest BCUT2D eigenvalue weighted by atomic mass is 9.93. The molecule has 0 amide bonds. The molecular weight excluding hydrogens is 811 g/mol. The van der Waals surface area contributed by atoms with Gasteiger partial charge < -0.3 is 0 Å². The number of rotatable bonds is 11. The summed E-state index contributed by atoms with van der Waals surface area (Å²) < 4.78 is 80.2. The fourth-order valence-corrected chi connectivity index (χ4v) is 7.42. The maximum atomic E-state index is 13.4. The molecule has 0 N–H and O–H groups in total. The summed E-state index contributed by atoms with van der Waals surface area (Å²) in [4.78, 5) is 0. The number of halogens is 6. The molecule has 8 aromatic carbocycles. The monoisotopic (exact) mass is 850 g/mol. The highest BCUT2D eigenvalue weighted by Crippen LogP contribution is 2.35. The minimum Gasteiger partial charge on any atom is -0.166 e. The maximum absolute atomic E-state index is 13.4.